The van der Waals surface area contributed by atoms with Crippen molar-refractivity contribution in [1.82, 2.24) is 0 Å². The van der Waals surface area contributed by atoms with Crippen LogP contribution in [-0.2, 0) is 4.79 Å². The van der Waals surface area contributed by atoms with Crippen LogP contribution in [0.5, 0.6) is 0 Å². The fourth-order valence-electron chi connectivity index (χ4n) is 2.59. The minimum atomic E-state index is -4.35. The Morgan fingerprint density at radius 1 is 1.22 bits per heavy atom. The Kier molecular flexibility index (Phi) is 5.56. The number of hydrogen-bond donors (Lipinski definition) is 1. The van der Waals surface area contributed by atoms with Crippen molar-refractivity contribution in [2.24, 2.45) is 11.3 Å². The summed E-state index contributed by atoms with van der Waals surface area (Å²) in [5.74, 6) is -0.694. The lowest BCUT2D eigenvalue weighted by molar-refractivity contribution is -0.219. The van der Waals surface area contributed by atoms with E-state index in [1.807, 2.05) is 0 Å². The van der Waals surface area contributed by atoms with Gasteiger partial charge in [-0.3, -0.25) is 4.79 Å². The summed E-state index contributed by atoms with van der Waals surface area (Å²) in [6.45, 7) is 1.48. The number of halogens is 3. The van der Waals surface area contributed by atoms with Crippen molar-refractivity contribution in [3.8, 4) is 0 Å². The van der Waals surface area contributed by atoms with Gasteiger partial charge in [-0.2, -0.15) is 25.8 Å². The number of thiol groups is 1. The van der Waals surface area contributed by atoms with Crippen molar-refractivity contribution in [2.45, 2.75) is 58.0 Å². The Labute approximate surface area is 112 Å². The normalized spacial score (nSPS) is 21.6. The largest absolute Gasteiger partial charge is 0.395 e. The molecule has 106 valence electrons. The van der Waals surface area contributed by atoms with Crippen LogP contribution in [0.2, 0.25) is 0 Å². The summed E-state index contributed by atoms with van der Waals surface area (Å²) in [4.78, 5) is 12.0. The Hall–Kier alpha value is -0.190. The molecule has 0 aliphatic heterocycles. The number of carbonyl (C=O) groups is 1. The Balaban J connectivity index is 2.74. The number of carbonyl (C=O) groups excluding carboxylic acids is 1. The molecule has 0 aromatic rings. The van der Waals surface area contributed by atoms with Gasteiger partial charge in [-0.15, -0.1) is 0 Å². The maximum atomic E-state index is 13.1. The highest BCUT2D eigenvalue weighted by molar-refractivity contribution is 7.80. The molecule has 0 spiro atoms. The molecule has 1 saturated carbocycles. The first-order valence-electron chi connectivity index (χ1n) is 6.56. The molecule has 0 N–H and O–H groups in total. The molecule has 18 heavy (non-hydrogen) atoms. The van der Waals surface area contributed by atoms with E-state index in [1.165, 1.54) is 6.92 Å². The summed E-state index contributed by atoms with van der Waals surface area (Å²) in [7, 11) is 0. The summed E-state index contributed by atoms with van der Waals surface area (Å²) >= 11 is 3.84. The molecule has 1 aliphatic rings. The second-order valence-electron chi connectivity index (χ2n) is 5.27. The number of rotatable bonds is 5. The van der Waals surface area contributed by atoms with Crippen LogP contribution >= 0.6 is 12.6 Å². The van der Waals surface area contributed by atoms with E-state index in [1.54, 1.807) is 0 Å². The smallest absolute Gasteiger partial charge is 0.299 e. The van der Waals surface area contributed by atoms with Crippen LogP contribution in [0.25, 0.3) is 0 Å². The predicted octanol–water partition coefficient (Wildman–Crippen LogP) is 4.41. The predicted molar refractivity (Wildman–Crippen MR) is 68.8 cm³/mol. The van der Waals surface area contributed by atoms with Gasteiger partial charge < -0.3 is 0 Å². The van der Waals surface area contributed by atoms with E-state index in [0.717, 1.165) is 32.1 Å². The van der Waals surface area contributed by atoms with Gasteiger partial charge in [0.2, 0.25) is 0 Å². The molecule has 0 aromatic heterocycles. The van der Waals surface area contributed by atoms with Crippen LogP contribution in [0.1, 0.15) is 51.9 Å². The molecule has 0 saturated heterocycles. The SMILES string of the molecule is CCC(CS)(CC(=O)C1CCCCC1)C(F)(F)F. The molecule has 1 fully saturated rings. The van der Waals surface area contributed by atoms with E-state index in [-0.39, 0.29) is 23.9 Å². The van der Waals surface area contributed by atoms with E-state index in [0.29, 0.717) is 0 Å². The van der Waals surface area contributed by atoms with E-state index in [9.17, 15) is 18.0 Å². The Bertz CT molecular complexity index is 278. The summed E-state index contributed by atoms with van der Waals surface area (Å²) in [6, 6.07) is 0. The van der Waals surface area contributed by atoms with Crippen LogP contribution in [0.15, 0.2) is 0 Å². The van der Waals surface area contributed by atoms with Crippen molar-refractivity contribution in [2.75, 3.05) is 5.75 Å². The average molecular weight is 282 g/mol. The van der Waals surface area contributed by atoms with Gasteiger partial charge in [0.1, 0.15) is 5.78 Å². The molecule has 0 aromatic carbocycles. The van der Waals surface area contributed by atoms with Gasteiger partial charge in [-0.05, 0) is 19.3 Å². The molecular formula is C13H21F3OS. The first-order chi connectivity index (χ1) is 8.36. The molecule has 5 heteroatoms. The van der Waals surface area contributed by atoms with Crippen molar-refractivity contribution in [3.05, 3.63) is 0 Å². The summed E-state index contributed by atoms with van der Waals surface area (Å²) < 4.78 is 39.3. The van der Waals surface area contributed by atoms with E-state index in [4.69, 9.17) is 0 Å². The quantitative estimate of drug-likeness (QED) is 0.739. The second-order valence-corrected chi connectivity index (χ2v) is 5.58. The van der Waals surface area contributed by atoms with Crippen LogP contribution in [0.4, 0.5) is 13.2 Å². The molecular weight excluding hydrogens is 261 g/mol. The summed E-state index contributed by atoms with van der Waals surface area (Å²) in [5, 5.41) is 0. The van der Waals surface area contributed by atoms with Crippen molar-refractivity contribution < 1.29 is 18.0 Å². The molecule has 1 atom stereocenters. The maximum absolute atomic E-state index is 13.1. The van der Waals surface area contributed by atoms with Crippen LogP contribution < -0.4 is 0 Å². The zero-order valence-corrected chi connectivity index (χ0v) is 11.6. The highest BCUT2D eigenvalue weighted by atomic mass is 32.1. The highest BCUT2D eigenvalue weighted by Crippen LogP contribution is 2.46. The number of ketones is 1. The minimum absolute atomic E-state index is 0.0849. The Morgan fingerprint density at radius 2 is 1.78 bits per heavy atom. The number of Topliss-reactive ketones (excluding diaryl/α,β-unsaturated/α-hetero) is 1. The van der Waals surface area contributed by atoms with Gasteiger partial charge in [0.15, 0.2) is 0 Å². The van der Waals surface area contributed by atoms with Gasteiger partial charge in [-0.1, -0.05) is 26.2 Å². The molecule has 0 heterocycles. The third-order valence-corrected chi connectivity index (χ3v) is 4.76. The zero-order valence-electron chi connectivity index (χ0n) is 10.7. The van der Waals surface area contributed by atoms with E-state index >= 15 is 0 Å². The summed E-state index contributed by atoms with van der Waals surface area (Å²) in [5.41, 5.74) is -1.94. The van der Waals surface area contributed by atoms with Crippen molar-refractivity contribution >= 4 is 18.4 Å². The third-order valence-electron chi connectivity index (χ3n) is 4.15. The van der Waals surface area contributed by atoms with Crippen LogP contribution in [-0.4, -0.2) is 17.7 Å². The fourth-order valence-corrected chi connectivity index (χ4v) is 3.10. The van der Waals surface area contributed by atoms with Crippen molar-refractivity contribution in [1.29, 1.82) is 0 Å². The second kappa shape index (κ2) is 6.31. The lowest BCUT2D eigenvalue weighted by atomic mass is 9.76. The monoisotopic (exact) mass is 282 g/mol. The fraction of sp³-hybridized carbons (Fsp3) is 0.923. The zero-order chi connectivity index (χ0) is 13.8. The first-order valence-corrected chi connectivity index (χ1v) is 7.20. The van der Waals surface area contributed by atoms with Crippen molar-refractivity contribution in [3.63, 3.8) is 0 Å². The Morgan fingerprint density at radius 3 is 2.17 bits per heavy atom. The topological polar surface area (TPSA) is 17.1 Å². The average Bonchev–Trinajstić information content (AvgIpc) is 2.35. The molecule has 0 bridgehead atoms. The van der Waals surface area contributed by atoms with E-state index in [2.05, 4.69) is 12.6 Å². The number of hydrogen-bond acceptors (Lipinski definition) is 2. The van der Waals surface area contributed by atoms with Gasteiger partial charge in [0.25, 0.3) is 0 Å². The van der Waals surface area contributed by atoms with E-state index < -0.39 is 18.0 Å². The molecule has 1 aliphatic carbocycles. The maximum Gasteiger partial charge on any atom is 0.395 e. The van der Waals surface area contributed by atoms with Gasteiger partial charge >= 0.3 is 6.18 Å². The molecule has 1 unspecified atom stereocenters. The first kappa shape index (κ1) is 15.9. The van der Waals surface area contributed by atoms with Gasteiger partial charge in [0.05, 0.1) is 5.41 Å². The standard InChI is InChI=1S/C13H21F3OS/c1-2-12(9-18,13(14,15)16)8-11(17)10-6-4-3-5-7-10/h10,18H,2-9H2,1H3. The molecule has 1 nitrogen and oxygen atoms in total. The third kappa shape index (κ3) is 3.43. The van der Waals surface area contributed by atoms with Gasteiger partial charge in [-0.25, -0.2) is 0 Å². The lowest BCUT2D eigenvalue weighted by Gasteiger charge is -2.34. The van der Waals surface area contributed by atoms with Crippen LogP contribution in [0, 0.1) is 11.3 Å². The summed E-state index contributed by atoms with van der Waals surface area (Å²) in [6.07, 6.45) is -0.320. The molecule has 0 radical (unpaired) electrons. The molecule has 1 rings (SSSR count). The molecule has 0 amide bonds. The minimum Gasteiger partial charge on any atom is -0.299 e. The lowest BCUT2D eigenvalue weighted by Crippen LogP contribution is -2.42. The van der Waals surface area contributed by atoms with Gasteiger partial charge in [0, 0.05) is 18.1 Å². The number of alkyl halides is 3. The highest BCUT2D eigenvalue weighted by Gasteiger charge is 2.53. The van der Waals surface area contributed by atoms with Crippen LogP contribution in [0.3, 0.4) is 0 Å².